The van der Waals surface area contributed by atoms with Crippen LogP contribution in [0.4, 0.5) is 24.9 Å². The summed E-state index contributed by atoms with van der Waals surface area (Å²) in [5.41, 5.74) is 1.91. The van der Waals surface area contributed by atoms with Gasteiger partial charge in [-0.15, -0.1) is 5.10 Å². The van der Waals surface area contributed by atoms with Crippen molar-refractivity contribution in [2.45, 2.75) is 32.2 Å². The van der Waals surface area contributed by atoms with Crippen molar-refractivity contribution < 1.29 is 13.2 Å². The Labute approximate surface area is 205 Å². The third-order valence-electron chi connectivity index (χ3n) is 8.50. The standard InChI is InChI=1S/C26H24F3N7/c1-14-10-20(31-13-30-14)35-11-18-23(17-5-2-8-26(17,18)12-35)32-25-33-24-16(4-3-9-36(24)34-25)15-6-7-19(27)22(29)21(15)28/h3-4,6-7,9-10,13,17-18,23H,2,5,8,11-12H2,1H3,(H,32,34)/t17-,18-,23+,26?/m0/s1. The molecule has 10 heteroatoms. The van der Waals surface area contributed by atoms with Gasteiger partial charge in [0.2, 0.25) is 5.95 Å². The van der Waals surface area contributed by atoms with E-state index in [1.807, 2.05) is 13.0 Å². The highest BCUT2D eigenvalue weighted by Crippen LogP contribution is 2.65. The van der Waals surface area contributed by atoms with Gasteiger partial charge in [-0.05, 0) is 55.4 Å². The number of aryl methyl sites for hydroxylation is 1. The number of fused-ring (bicyclic) bond motifs is 1. The number of aromatic nitrogens is 5. The number of hydrogen-bond donors (Lipinski definition) is 1. The zero-order valence-corrected chi connectivity index (χ0v) is 19.6. The molecule has 1 aromatic carbocycles. The van der Waals surface area contributed by atoms with Gasteiger partial charge in [-0.25, -0.2) is 27.7 Å². The summed E-state index contributed by atoms with van der Waals surface area (Å²) in [4.78, 5) is 15.8. The maximum absolute atomic E-state index is 14.5. The molecule has 0 radical (unpaired) electrons. The Morgan fingerprint density at radius 1 is 1.06 bits per heavy atom. The highest BCUT2D eigenvalue weighted by Gasteiger charge is 2.67. The van der Waals surface area contributed by atoms with Gasteiger partial charge in [0.25, 0.3) is 0 Å². The van der Waals surface area contributed by atoms with E-state index in [2.05, 4.69) is 30.3 Å². The van der Waals surface area contributed by atoms with Gasteiger partial charge in [0, 0.05) is 54.1 Å². The van der Waals surface area contributed by atoms with E-state index >= 15 is 0 Å². The minimum atomic E-state index is -1.50. The predicted octanol–water partition coefficient (Wildman–Crippen LogP) is 4.63. The average molecular weight is 492 g/mol. The molecule has 2 aliphatic carbocycles. The fourth-order valence-corrected chi connectivity index (χ4v) is 6.96. The zero-order valence-electron chi connectivity index (χ0n) is 19.6. The smallest absolute Gasteiger partial charge is 0.243 e. The van der Waals surface area contributed by atoms with Gasteiger partial charge in [-0.3, -0.25) is 0 Å². The lowest BCUT2D eigenvalue weighted by Crippen LogP contribution is -2.60. The number of rotatable bonds is 4. The van der Waals surface area contributed by atoms with E-state index in [1.54, 1.807) is 29.2 Å². The number of nitrogens with zero attached hydrogens (tertiary/aromatic N) is 6. The van der Waals surface area contributed by atoms with Crippen LogP contribution in [0.15, 0.2) is 42.9 Å². The fourth-order valence-electron chi connectivity index (χ4n) is 6.96. The number of benzene rings is 1. The topological polar surface area (TPSA) is 71.2 Å². The molecule has 0 amide bonds. The molecule has 3 aromatic heterocycles. The minimum absolute atomic E-state index is 0.0523. The van der Waals surface area contributed by atoms with E-state index in [0.717, 1.165) is 37.1 Å². The second kappa shape index (κ2) is 7.65. The molecule has 1 aliphatic heterocycles. The second-order valence-electron chi connectivity index (χ2n) is 10.3. The summed E-state index contributed by atoms with van der Waals surface area (Å²) < 4.78 is 43.5. The maximum Gasteiger partial charge on any atom is 0.243 e. The van der Waals surface area contributed by atoms with Crippen LogP contribution < -0.4 is 10.2 Å². The fraction of sp³-hybridized carbons (Fsp3) is 0.385. The molecular weight excluding hydrogens is 467 g/mol. The van der Waals surface area contributed by atoms with Crippen LogP contribution >= 0.6 is 0 Å². The number of pyridine rings is 1. The molecule has 184 valence electrons. The molecule has 4 heterocycles. The Kier molecular flexibility index (Phi) is 4.59. The van der Waals surface area contributed by atoms with Crippen LogP contribution in [-0.2, 0) is 0 Å². The van der Waals surface area contributed by atoms with Crippen molar-refractivity contribution in [1.82, 2.24) is 24.6 Å². The van der Waals surface area contributed by atoms with Crippen molar-refractivity contribution in [2.75, 3.05) is 23.3 Å². The minimum Gasteiger partial charge on any atom is -0.356 e. The molecule has 1 spiro atoms. The quantitative estimate of drug-likeness (QED) is 0.420. The van der Waals surface area contributed by atoms with Gasteiger partial charge >= 0.3 is 0 Å². The van der Waals surface area contributed by atoms with Crippen LogP contribution in [0.25, 0.3) is 16.8 Å². The molecular formula is C26H24F3N7. The van der Waals surface area contributed by atoms with Crippen molar-refractivity contribution in [3.05, 3.63) is 66.0 Å². The van der Waals surface area contributed by atoms with Crippen LogP contribution in [0, 0.1) is 41.6 Å². The van der Waals surface area contributed by atoms with Crippen LogP contribution in [0.5, 0.6) is 0 Å². The molecule has 3 fully saturated rings. The third kappa shape index (κ3) is 2.99. The molecule has 1 N–H and O–H groups in total. The molecule has 1 unspecified atom stereocenters. The zero-order chi connectivity index (χ0) is 24.6. The molecule has 3 aliphatic rings. The number of halogens is 3. The molecule has 36 heavy (non-hydrogen) atoms. The normalized spacial score (nSPS) is 26.7. The van der Waals surface area contributed by atoms with Crippen LogP contribution in [0.1, 0.15) is 25.0 Å². The Hall–Kier alpha value is -3.69. The highest BCUT2D eigenvalue weighted by molar-refractivity contribution is 5.78. The average Bonchev–Trinajstić information content (AvgIpc) is 3.55. The number of hydrogen-bond acceptors (Lipinski definition) is 6. The van der Waals surface area contributed by atoms with Gasteiger partial charge in [-0.1, -0.05) is 6.42 Å². The monoisotopic (exact) mass is 491 g/mol. The Balaban J connectivity index is 1.19. The summed E-state index contributed by atoms with van der Waals surface area (Å²) in [5, 5.41) is 8.15. The SMILES string of the molecule is Cc1cc(N2C[C@H]3[C@H](Nc4nc5c(-c6ccc(F)c(F)c6F)cccn5n4)[C@@H]4CCCC43C2)ncn1. The van der Waals surface area contributed by atoms with E-state index in [1.165, 1.54) is 18.9 Å². The lowest BCUT2D eigenvalue weighted by atomic mass is 9.53. The Bertz CT molecular complexity index is 1500. The molecule has 0 bridgehead atoms. The van der Waals surface area contributed by atoms with Crippen molar-refractivity contribution in [3.8, 4) is 11.1 Å². The summed E-state index contributed by atoms with van der Waals surface area (Å²) in [7, 11) is 0. The van der Waals surface area contributed by atoms with Crippen molar-refractivity contribution in [3.63, 3.8) is 0 Å². The largest absolute Gasteiger partial charge is 0.356 e. The van der Waals surface area contributed by atoms with E-state index in [-0.39, 0.29) is 17.0 Å². The molecule has 1 saturated heterocycles. The lowest BCUT2D eigenvalue weighted by molar-refractivity contribution is 0.00293. The molecule has 2 saturated carbocycles. The van der Waals surface area contributed by atoms with Gasteiger partial charge in [0.15, 0.2) is 23.1 Å². The van der Waals surface area contributed by atoms with Crippen LogP contribution in [0.2, 0.25) is 0 Å². The van der Waals surface area contributed by atoms with Gasteiger partial charge in [0.05, 0.1) is 0 Å². The number of anilines is 2. The first-order valence-corrected chi connectivity index (χ1v) is 12.2. The van der Waals surface area contributed by atoms with E-state index in [0.29, 0.717) is 29.0 Å². The van der Waals surface area contributed by atoms with Gasteiger partial charge in [0.1, 0.15) is 12.1 Å². The summed E-state index contributed by atoms with van der Waals surface area (Å²) in [6.45, 7) is 3.88. The lowest BCUT2D eigenvalue weighted by Gasteiger charge is -2.54. The molecule has 4 atom stereocenters. The molecule has 7 nitrogen and oxygen atoms in total. The Morgan fingerprint density at radius 3 is 2.81 bits per heavy atom. The van der Waals surface area contributed by atoms with E-state index < -0.39 is 17.5 Å². The second-order valence-corrected chi connectivity index (χ2v) is 10.3. The molecule has 7 rings (SSSR count). The maximum atomic E-state index is 14.5. The van der Waals surface area contributed by atoms with E-state index in [4.69, 9.17) is 0 Å². The predicted molar refractivity (Wildman–Crippen MR) is 128 cm³/mol. The van der Waals surface area contributed by atoms with Crippen molar-refractivity contribution in [1.29, 1.82) is 0 Å². The summed E-state index contributed by atoms with van der Waals surface area (Å²) in [5.74, 6) is -1.57. The summed E-state index contributed by atoms with van der Waals surface area (Å²) >= 11 is 0. The summed E-state index contributed by atoms with van der Waals surface area (Å²) in [6.07, 6.45) is 6.90. The van der Waals surface area contributed by atoms with Crippen molar-refractivity contribution in [2.24, 2.45) is 17.3 Å². The van der Waals surface area contributed by atoms with Crippen LogP contribution in [0.3, 0.4) is 0 Å². The highest BCUT2D eigenvalue weighted by atomic mass is 19.2. The Morgan fingerprint density at radius 2 is 1.94 bits per heavy atom. The number of nitrogens with one attached hydrogen (secondary N) is 1. The first-order chi connectivity index (χ1) is 17.4. The first-order valence-electron chi connectivity index (χ1n) is 12.2. The summed E-state index contributed by atoms with van der Waals surface area (Å²) in [6, 6.07) is 7.73. The van der Waals surface area contributed by atoms with Gasteiger partial charge in [-0.2, -0.15) is 4.98 Å². The first kappa shape index (κ1) is 21.6. The van der Waals surface area contributed by atoms with Crippen LogP contribution in [-0.4, -0.2) is 43.7 Å². The van der Waals surface area contributed by atoms with Gasteiger partial charge < -0.3 is 10.2 Å². The molecule has 4 aromatic rings. The third-order valence-corrected chi connectivity index (χ3v) is 8.50. The van der Waals surface area contributed by atoms with Crippen molar-refractivity contribution >= 4 is 17.4 Å². The van der Waals surface area contributed by atoms with E-state index in [9.17, 15) is 13.2 Å².